The van der Waals surface area contributed by atoms with Crippen LogP contribution in [0.5, 0.6) is 11.5 Å². The summed E-state index contributed by atoms with van der Waals surface area (Å²) < 4.78 is 16.4. The lowest BCUT2D eigenvalue weighted by Crippen LogP contribution is -2.59. The number of hydrogen-bond acceptors (Lipinski definition) is 6. The number of rotatable bonds is 5. The zero-order valence-electron chi connectivity index (χ0n) is 16.7. The second kappa shape index (κ2) is 8.68. The molecule has 2 aliphatic heterocycles. The molecule has 1 aromatic carbocycles. The average molecular weight is 391 g/mol. The number of methoxy groups -OCH3 is 1. The molecule has 2 aliphatic rings. The molecule has 0 radical (unpaired) electrons. The molecule has 8 nitrogen and oxygen atoms in total. The van der Waals surface area contributed by atoms with Crippen LogP contribution in [0.1, 0.15) is 26.7 Å². The standard InChI is InChI=1S/C20H29N3O5/c1-20(2,22-19(25)26-3)18(24)21-14-7-6-10-23(11-14)12-15-13-27-16-8-4-5-9-17(16)28-15/h4-5,8-9,14-15H,6-7,10-13H2,1-3H3,(H,21,24)(H,22,25)/t14-,15-/m0/s1. The van der Waals surface area contributed by atoms with Crippen molar-refractivity contribution in [2.45, 2.75) is 44.4 Å². The monoisotopic (exact) mass is 391 g/mol. The van der Waals surface area contributed by atoms with Crippen molar-refractivity contribution in [2.75, 3.05) is 33.4 Å². The van der Waals surface area contributed by atoms with Gasteiger partial charge in [-0.15, -0.1) is 0 Å². The summed E-state index contributed by atoms with van der Waals surface area (Å²) in [5.74, 6) is 1.33. The fraction of sp³-hybridized carbons (Fsp3) is 0.600. The van der Waals surface area contributed by atoms with E-state index in [2.05, 4.69) is 20.3 Å². The lowest BCUT2D eigenvalue weighted by Gasteiger charge is -2.37. The molecular formula is C20H29N3O5. The minimum Gasteiger partial charge on any atom is -0.486 e. The number of amides is 2. The third-order valence-corrected chi connectivity index (χ3v) is 5.04. The maximum absolute atomic E-state index is 12.6. The highest BCUT2D eigenvalue weighted by Gasteiger charge is 2.33. The van der Waals surface area contributed by atoms with E-state index in [9.17, 15) is 9.59 Å². The number of benzene rings is 1. The Kier molecular flexibility index (Phi) is 6.28. The lowest BCUT2D eigenvalue weighted by atomic mass is 10.0. The first-order valence-electron chi connectivity index (χ1n) is 9.65. The van der Waals surface area contributed by atoms with E-state index in [1.807, 2.05) is 24.3 Å². The van der Waals surface area contributed by atoms with Crippen molar-refractivity contribution in [1.82, 2.24) is 15.5 Å². The van der Waals surface area contributed by atoms with Gasteiger partial charge >= 0.3 is 6.09 Å². The van der Waals surface area contributed by atoms with Gasteiger partial charge in [0.1, 0.15) is 18.2 Å². The number of nitrogens with zero attached hydrogens (tertiary/aromatic N) is 1. The van der Waals surface area contributed by atoms with Crippen LogP contribution in [0.15, 0.2) is 24.3 Å². The predicted octanol–water partition coefficient (Wildman–Crippen LogP) is 1.54. The van der Waals surface area contributed by atoms with Crippen molar-refractivity contribution in [3.05, 3.63) is 24.3 Å². The van der Waals surface area contributed by atoms with E-state index < -0.39 is 11.6 Å². The molecule has 2 N–H and O–H groups in total. The topological polar surface area (TPSA) is 89.1 Å². The zero-order chi connectivity index (χ0) is 20.1. The Morgan fingerprint density at radius 1 is 1.29 bits per heavy atom. The van der Waals surface area contributed by atoms with E-state index in [4.69, 9.17) is 9.47 Å². The molecule has 2 heterocycles. The Hall–Kier alpha value is -2.48. The second-order valence-electron chi connectivity index (χ2n) is 7.81. The summed E-state index contributed by atoms with van der Waals surface area (Å²) >= 11 is 0. The normalized spacial score (nSPS) is 22.2. The number of carbonyl (C=O) groups excluding carboxylic acids is 2. The first-order chi connectivity index (χ1) is 13.4. The first kappa shape index (κ1) is 20.3. The average Bonchev–Trinajstić information content (AvgIpc) is 2.67. The summed E-state index contributed by atoms with van der Waals surface area (Å²) in [5, 5.41) is 5.61. The van der Waals surface area contributed by atoms with Gasteiger partial charge in [-0.1, -0.05) is 12.1 Å². The van der Waals surface area contributed by atoms with Crippen LogP contribution in [-0.4, -0.2) is 67.9 Å². The fourth-order valence-electron chi connectivity index (χ4n) is 3.51. The molecular weight excluding hydrogens is 362 g/mol. The molecule has 2 amide bonds. The SMILES string of the molecule is COC(=O)NC(C)(C)C(=O)N[C@H]1CCCN(C[C@H]2COc3ccccc3O2)C1. The Bertz CT molecular complexity index is 709. The van der Waals surface area contributed by atoms with Gasteiger partial charge in [-0.3, -0.25) is 9.69 Å². The molecule has 0 spiro atoms. The number of piperidine rings is 1. The second-order valence-corrected chi connectivity index (χ2v) is 7.81. The molecule has 8 heteroatoms. The van der Waals surface area contributed by atoms with Crippen LogP contribution in [0.3, 0.4) is 0 Å². The van der Waals surface area contributed by atoms with Crippen molar-refractivity contribution in [3.8, 4) is 11.5 Å². The van der Waals surface area contributed by atoms with Gasteiger partial charge in [-0.25, -0.2) is 4.79 Å². The highest BCUT2D eigenvalue weighted by Crippen LogP contribution is 2.31. The molecule has 0 unspecified atom stereocenters. The maximum atomic E-state index is 12.6. The summed E-state index contributed by atoms with van der Waals surface area (Å²) in [4.78, 5) is 26.3. The highest BCUT2D eigenvalue weighted by atomic mass is 16.6. The van der Waals surface area contributed by atoms with E-state index in [1.54, 1.807) is 13.8 Å². The summed E-state index contributed by atoms with van der Waals surface area (Å²) in [6.07, 6.45) is 1.23. The summed E-state index contributed by atoms with van der Waals surface area (Å²) in [5.41, 5.74) is -1.04. The zero-order valence-corrected chi connectivity index (χ0v) is 16.7. The molecule has 28 heavy (non-hydrogen) atoms. The third-order valence-electron chi connectivity index (χ3n) is 5.04. The van der Waals surface area contributed by atoms with Crippen LogP contribution in [-0.2, 0) is 9.53 Å². The molecule has 0 bridgehead atoms. The lowest BCUT2D eigenvalue weighted by molar-refractivity contribution is -0.127. The van der Waals surface area contributed by atoms with Crippen molar-refractivity contribution >= 4 is 12.0 Å². The van der Waals surface area contributed by atoms with Gasteiger partial charge in [0.25, 0.3) is 0 Å². The Morgan fingerprint density at radius 2 is 2.04 bits per heavy atom. The highest BCUT2D eigenvalue weighted by molar-refractivity contribution is 5.89. The Labute approximate surface area is 165 Å². The van der Waals surface area contributed by atoms with Crippen molar-refractivity contribution < 1.29 is 23.8 Å². The van der Waals surface area contributed by atoms with Crippen LogP contribution in [0.4, 0.5) is 4.79 Å². The van der Waals surface area contributed by atoms with E-state index in [0.29, 0.717) is 6.61 Å². The number of likely N-dealkylation sites (tertiary alicyclic amines) is 1. The largest absolute Gasteiger partial charge is 0.486 e. The fourth-order valence-corrected chi connectivity index (χ4v) is 3.51. The van der Waals surface area contributed by atoms with Gasteiger partial charge in [0.15, 0.2) is 11.5 Å². The molecule has 1 fully saturated rings. The summed E-state index contributed by atoms with van der Waals surface area (Å²) in [7, 11) is 1.28. The number of para-hydroxylation sites is 2. The van der Waals surface area contributed by atoms with Crippen molar-refractivity contribution in [1.29, 1.82) is 0 Å². The number of alkyl carbamates (subject to hydrolysis) is 1. The summed E-state index contributed by atoms with van der Waals surface area (Å²) in [6, 6.07) is 7.70. The molecule has 0 aliphatic carbocycles. The van der Waals surface area contributed by atoms with Gasteiger partial charge < -0.3 is 24.8 Å². The van der Waals surface area contributed by atoms with E-state index >= 15 is 0 Å². The summed E-state index contributed by atoms with van der Waals surface area (Å²) in [6.45, 7) is 6.26. The van der Waals surface area contributed by atoms with Crippen LogP contribution >= 0.6 is 0 Å². The maximum Gasteiger partial charge on any atom is 0.407 e. The molecule has 1 aromatic rings. The number of carbonyl (C=O) groups is 2. The number of ether oxygens (including phenoxy) is 3. The van der Waals surface area contributed by atoms with Crippen LogP contribution in [0.2, 0.25) is 0 Å². The Morgan fingerprint density at radius 3 is 2.79 bits per heavy atom. The molecule has 2 atom stereocenters. The van der Waals surface area contributed by atoms with E-state index in [0.717, 1.165) is 44.0 Å². The minimum absolute atomic E-state index is 0.0248. The number of hydrogen-bond donors (Lipinski definition) is 2. The van der Waals surface area contributed by atoms with E-state index in [1.165, 1.54) is 7.11 Å². The Balaban J connectivity index is 1.50. The van der Waals surface area contributed by atoms with Gasteiger partial charge in [0.2, 0.25) is 5.91 Å². The van der Waals surface area contributed by atoms with Crippen LogP contribution < -0.4 is 20.1 Å². The predicted molar refractivity (Wildman–Crippen MR) is 104 cm³/mol. The smallest absolute Gasteiger partial charge is 0.407 e. The van der Waals surface area contributed by atoms with E-state index in [-0.39, 0.29) is 18.1 Å². The van der Waals surface area contributed by atoms with Crippen molar-refractivity contribution in [2.24, 2.45) is 0 Å². The van der Waals surface area contributed by atoms with Gasteiger partial charge in [-0.2, -0.15) is 0 Å². The van der Waals surface area contributed by atoms with Crippen LogP contribution in [0, 0.1) is 0 Å². The van der Waals surface area contributed by atoms with Crippen molar-refractivity contribution in [3.63, 3.8) is 0 Å². The number of nitrogens with one attached hydrogen (secondary N) is 2. The molecule has 3 rings (SSSR count). The third kappa shape index (κ3) is 5.07. The molecule has 154 valence electrons. The van der Waals surface area contributed by atoms with Gasteiger partial charge in [-0.05, 0) is 45.4 Å². The van der Waals surface area contributed by atoms with Gasteiger partial charge in [0.05, 0.1) is 7.11 Å². The molecule has 1 saturated heterocycles. The van der Waals surface area contributed by atoms with Crippen LogP contribution in [0.25, 0.3) is 0 Å². The molecule has 0 aromatic heterocycles. The minimum atomic E-state index is -1.04. The number of fused-ring (bicyclic) bond motifs is 1. The molecule has 0 saturated carbocycles. The van der Waals surface area contributed by atoms with Gasteiger partial charge in [0, 0.05) is 19.1 Å². The first-order valence-corrected chi connectivity index (χ1v) is 9.65. The quantitative estimate of drug-likeness (QED) is 0.792.